The Morgan fingerprint density at radius 2 is 1.87 bits per heavy atom. The molecule has 8 nitrogen and oxygen atoms in total. The summed E-state index contributed by atoms with van der Waals surface area (Å²) < 4.78 is 12.5. The second-order valence-corrected chi connectivity index (χ2v) is 10.0. The number of nitrogens with one attached hydrogen (secondary N) is 2. The van der Waals surface area contributed by atoms with Crippen molar-refractivity contribution in [3.05, 3.63) is 91.6 Å². The van der Waals surface area contributed by atoms with Gasteiger partial charge in [-0.25, -0.2) is 9.69 Å². The maximum absolute atomic E-state index is 12.9. The Bertz CT molecular complexity index is 1410. The standard InChI is InChI=1S/C28H25ClIN3O5/c1-3-19-6-4-5-7-22(19)31-25(34)15-33-27(35)23(32-28(33)36)13-18-12-21(29)26(24(14-18)37-2)38-16-17-8-10-20(30)11-9-17/h4-14H,3,15-16H2,1-2H3,(H,31,34)(H,32,36)/b23-13+. The number of hydrogen-bond donors (Lipinski definition) is 2. The Balaban J connectivity index is 1.47. The van der Waals surface area contributed by atoms with Gasteiger partial charge in [0.15, 0.2) is 11.5 Å². The van der Waals surface area contributed by atoms with E-state index in [1.54, 1.807) is 24.3 Å². The molecule has 0 saturated carbocycles. The van der Waals surface area contributed by atoms with Gasteiger partial charge in [0, 0.05) is 9.26 Å². The van der Waals surface area contributed by atoms with E-state index < -0.39 is 24.4 Å². The molecule has 0 atom stereocenters. The van der Waals surface area contributed by atoms with Crippen LogP contribution in [0.25, 0.3) is 6.08 Å². The molecular weight excluding hydrogens is 621 g/mol. The Kier molecular flexibility index (Phi) is 8.90. The Labute approximate surface area is 239 Å². The van der Waals surface area contributed by atoms with Gasteiger partial charge in [-0.15, -0.1) is 0 Å². The second-order valence-electron chi connectivity index (χ2n) is 8.39. The molecule has 38 heavy (non-hydrogen) atoms. The number of halogens is 2. The number of anilines is 1. The van der Waals surface area contributed by atoms with E-state index in [4.69, 9.17) is 21.1 Å². The quantitative estimate of drug-likeness (QED) is 0.179. The van der Waals surface area contributed by atoms with E-state index in [1.807, 2.05) is 43.3 Å². The van der Waals surface area contributed by atoms with Crippen molar-refractivity contribution in [1.29, 1.82) is 0 Å². The molecule has 0 aliphatic carbocycles. The number of carbonyl (C=O) groups excluding carboxylic acids is 3. The number of carbonyl (C=O) groups is 3. The highest BCUT2D eigenvalue weighted by atomic mass is 127. The van der Waals surface area contributed by atoms with Crippen LogP contribution in [0.1, 0.15) is 23.6 Å². The van der Waals surface area contributed by atoms with Gasteiger partial charge in [0.1, 0.15) is 18.8 Å². The summed E-state index contributed by atoms with van der Waals surface area (Å²) in [6.45, 7) is 1.85. The average Bonchev–Trinajstić information content (AvgIpc) is 3.16. The Hall–Kier alpha value is -3.57. The minimum atomic E-state index is -0.685. The summed E-state index contributed by atoms with van der Waals surface area (Å²) in [5, 5.41) is 5.57. The SMILES string of the molecule is CCc1ccccc1NC(=O)CN1C(=O)N/C(=C/c2cc(Cl)c(OCc3ccc(I)cc3)c(OC)c2)C1=O. The number of urea groups is 1. The summed E-state index contributed by atoms with van der Waals surface area (Å²) >= 11 is 8.72. The van der Waals surface area contributed by atoms with Crippen molar-refractivity contribution in [3.8, 4) is 11.5 Å². The molecular formula is C28H25ClIN3O5. The van der Waals surface area contributed by atoms with Gasteiger partial charge in [-0.3, -0.25) is 9.59 Å². The number of rotatable bonds is 9. The topological polar surface area (TPSA) is 97.0 Å². The van der Waals surface area contributed by atoms with E-state index in [2.05, 4.69) is 33.2 Å². The van der Waals surface area contributed by atoms with Crippen LogP contribution in [-0.2, 0) is 22.6 Å². The summed E-state index contributed by atoms with van der Waals surface area (Å²) in [6, 6.07) is 17.8. The first-order valence-corrected chi connectivity index (χ1v) is 13.2. The summed E-state index contributed by atoms with van der Waals surface area (Å²) in [6.07, 6.45) is 2.20. The van der Waals surface area contributed by atoms with Crippen molar-refractivity contribution in [2.24, 2.45) is 0 Å². The molecule has 10 heteroatoms. The minimum absolute atomic E-state index is 0.0161. The van der Waals surface area contributed by atoms with Gasteiger partial charge in [-0.05, 0) is 82.1 Å². The molecule has 0 radical (unpaired) electrons. The molecule has 1 aliphatic rings. The molecule has 0 bridgehead atoms. The molecule has 3 aromatic rings. The second kappa shape index (κ2) is 12.3. The largest absolute Gasteiger partial charge is 0.493 e. The molecule has 4 rings (SSSR count). The summed E-state index contributed by atoms with van der Waals surface area (Å²) in [5.74, 6) is -0.363. The monoisotopic (exact) mass is 645 g/mol. The van der Waals surface area contributed by atoms with Crippen LogP contribution in [-0.4, -0.2) is 36.4 Å². The van der Waals surface area contributed by atoms with E-state index >= 15 is 0 Å². The number of nitrogens with zero attached hydrogens (tertiary/aromatic N) is 1. The van der Waals surface area contributed by atoms with E-state index in [1.165, 1.54) is 13.2 Å². The third-order valence-electron chi connectivity index (χ3n) is 5.80. The van der Waals surface area contributed by atoms with Crippen molar-refractivity contribution in [2.75, 3.05) is 19.0 Å². The van der Waals surface area contributed by atoms with Crippen LogP contribution in [0.15, 0.2) is 66.4 Å². The van der Waals surface area contributed by atoms with Crippen LogP contribution < -0.4 is 20.1 Å². The lowest BCUT2D eigenvalue weighted by Crippen LogP contribution is -2.38. The molecule has 1 saturated heterocycles. The third-order valence-corrected chi connectivity index (χ3v) is 6.80. The number of aryl methyl sites for hydroxylation is 1. The van der Waals surface area contributed by atoms with E-state index in [-0.39, 0.29) is 10.7 Å². The van der Waals surface area contributed by atoms with Gasteiger partial charge in [0.2, 0.25) is 5.91 Å². The average molecular weight is 646 g/mol. The number of amides is 4. The van der Waals surface area contributed by atoms with Crippen LogP contribution >= 0.6 is 34.2 Å². The van der Waals surface area contributed by atoms with Crippen molar-refractivity contribution < 1.29 is 23.9 Å². The molecule has 0 spiro atoms. The third kappa shape index (κ3) is 6.46. The van der Waals surface area contributed by atoms with Crippen molar-refractivity contribution >= 4 is 63.8 Å². The van der Waals surface area contributed by atoms with Gasteiger partial charge < -0.3 is 20.1 Å². The van der Waals surface area contributed by atoms with E-state index in [0.717, 1.165) is 26.0 Å². The molecule has 0 aromatic heterocycles. The van der Waals surface area contributed by atoms with Crippen molar-refractivity contribution in [1.82, 2.24) is 10.2 Å². The minimum Gasteiger partial charge on any atom is -0.493 e. The highest BCUT2D eigenvalue weighted by Crippen LogP contribution is 2.37. The predicted octanol–water partition coefficient (Wildman–Crippen LogP) is 5.63. The van der Waals surface area contributed by atoms with Crippen LogP contribution in [0, 0.1) is 3.57 Å². The number of methoxy groups -OCH3 is 1. The molecule has 2 N–H and O–H groups in total. The molecule has 3 aromatic carbocycles. The summed E-state index contributed by atoms with van der Waals surface area (Å²) in [7, 11) is 1.49. The maximum atomic E-state index is 12.9. The zero-order valence-corrected chi connectivity index (χ0v) is 23.6. The van der Waals surface area contributed by atoms with Gasteiger partial charge in [0.05, 0.1) is 12.1 Å². The first kappa shape index (κ1) is 27.5. The van der Waals surface area contributed by atoms with E-state index in [9.17, 15) is 14.4 Å². The lowest BCUT2D eigenvalue weighted by Gasteiger charge is -2.14. The van der Waals surface area contributed by atoms with E-state index in [0.29, 0.717) is 29.4 Å². The summed E-state index contributed by atoms with van der Waals surface area (Å²) in [5.41, 5.74) is 3.10. The molecule has 1 aliphatic heterocycles. The summed E-state index contributed by atoms with van der Waals surface area (Å²) in [4.78, 5) is 38.8. The number of para-hydroxylation sites is 1. The lowest BCUT2D eigenvalue weighted by atomic mass is 10.1. The predicted molar refractivity (Wildman–Crippen MR) is 154 cm³/mol. The fourth-order valence-electron chi connectivity index (χ4n) is 3.87. The van der Waals surface area contributed by atoms with Crippen LogP contribution in [0.4, 0.5) is 10.5 Å². The first-order valence-electron chi connectivity index (χ1n) is 11.8. The van der Waals surface area contributed by atoms with Crippen LogP contribution in [0.3, 0.4) is 0 Å². The Morgan fingerprint density at radius 1 is 1.13 bits per heavy atom. The fraction of sp³-hybridized carbons (Fsp3) is 0.179. The van der Waals surface area contributed by atoms with Crippen LogP contribution in [0.5, 0.6) is 11.5 Å². The lowest BCUT2D eigenvalue weighted by molar-refractivity contribution is -0.127. The highest BCUT2D eigenvalue weighted by Gasteiger charge is 2.35. The van der Waals surface area contributed by atoms with Gasteiger partial charge in [-0.2, -0.15) is 0 Å². The van der Waals surface area contributed by atoms with Gasteiger partial charge in [0.25, 0.3) is 5.91 Å². The number of imide groups is 1. The molecule has 196 valence electrons. The molecule has 0 unspecified atom stereocenters. The normalized spacial score (nSPS) is 14.0. The van der Waals surface area contributed by atoms with Gasteiger partial charge >= 0.3 is 6.03 Å². The smallest absolute Gasteiger partial charge is 0.329 e. The zero-order valence-electron chi connectivity index (χ0n) is 20.7. The number of hydrogen-bond acceptors (Lipinski definition) is 5. The maximum Gasteiger partial charge on any atom is 0.329 e. The Morgan fingerprint density at radius 3 is 2.58 bits per heavy atom. The number of ether oxygens (including phenoxy) is 2. The first-order chi connectivity index (χ1) is 18.3. The molecule has 1 heterocycles. The number of benzene rings is 3. The molecule has 4 amide bonds. The fourth-order valence-corrected chi connectivity index (χ4v) is 4.50. The van der Waals surface area contributed by atoms with Gasteiger partial charge in [-0.1, -0.05) is 48.9 Å². The van der Waals surface area contributed by atoms with Crippen LogP contribution in [0.2, 0.25) is 5.02 Å². The zero-order chi connectivity index (χ0) is 27.2. The van der Waals surface area contributed by atoms with Crippen molar-refractivity contribution in [2.45, 2.75) is 20.0 Å². The highest BCUT2D eigenvalue weighted by molar-refractivity contribution is 14.1. The van der Waals surface area contributed by atoms with Crippen molar-refractivity contribution in [3.63, 3.8) is 0 Å². The molecule has 1 fully saturated rings.